The molecule has 0 aliphatic rings. The fourth-order valence-corrected chi connectivity index (χ4v) is 2.88. The number of carbonyl (C=O) groups is 2. The number of rotatable bonds is 5. The second kappa shape index (κ2) is 7.12. The molecule has 0 fully saturated rings. The zero-order valence-electron chi connectivity index (χ0n) is 15.2. The number of hydrogen-bond acceptors (Lipinski definition) is 7. The number of aliphatic carboxylic acids is 1. The Morgan fingerprint density at radius 1 is 1.17 bits per heavy atom. The predicted octanol–water partition coefficient (Wildman–Crippen LogP) is 3.00. The van der Waals surface area contributed by atoms with Crippen LogP contribution in [0.3, 0.4) is 0 Å². The number of amides is 1. The monoisotopic (exact) mass is 393 g/mol. The maximum atomic E-state index is 12.0. The van der Waals surface area contributed by atoms with E-state index in [-0.39, 0.29) is 11.4 Å². The molecule has 0 aliphatic heterocycles. The Kier molecular flexibility index (Phi) is 4.47. The Balaban J connectivity index is 1.61. The summed E-state index contributed by atoms with van der Waals surface area (Å²) in [6.45, 7) is 1.19. The summed E-state index contributed by atoms with van der Waals surface area (Å²) in [6.07, 6.45) is 1.40. The highest BCUT2D eigenvalue weighted by Gasteiger charge is 2.17. The van der Waals surface area contributed by atoms with E-state index in [0.717, 1.165) is 5.52 Å². The van der Waals surface area contributed by atoms with Gasteiger partial charge >= 0.3 is 5.97 Å². The number of benzene rings is 2. The molecule has 3 N–H and O–H groups in total. The number of nitrogens with one attached hydrogen (secondary N) is 1. The molecule has 9 heteroatoms. The first kappa shape index (κ1) is 18.2. The van der Waals surface area contributed by atoms with Crippen LogP contribution in [-0.2, 0) is 4.79 Å². The molecule has 2 aromatic heterocycles. The zero-order chi connectivity index (χ0) is 20.5. The minimum atomic E-state index is -1.20. The van der Waals surface area contributed by atoms with E-state index in [1.807, 2.05) is 0 Å². The lowest BCUT2D eigenvalue weighted by atomic mass is 10.1. The number of aromatic nitrogens is 2. The van der Waals surface area contributed by atoms with Crippen LogP contribution >= 0.6 is 0 Å². The fourth-order valence-electron chi connectivity index (χ4n) is 2.88. The number of pyridine rings is 1. The van der Waals surface area contributed by atoms with Crippen molar-refractivity contribution < 1.29 is 29.0 Å². The standard InChI is InChI=1S/C20H15N3O6/c1-10-23-15-5-3-13(7-16(15)28-10)29-12-2-4-14-11(6-12)8-21-18(19(14)26)20(27)22-9-17(24)25/h2-8,26H,9H2,1H3,(H,22,27)(H,24,25). The van der Waals surface area contributed by atoms with Gasteiger partial charge in [0.15, 0.2) is 22.9 Å². The molecule has 0 aliphatic carbocycles. The molecule has 0 saturated heterocycles. The van der Waals surface area contributed by atoms with E-state index in [1.165, 1.54) is 6.20 Å². The molecule has 0 unspecified atom stereocenters. The van der Waals surface area contributed by atoms with Crippen LogP contribution in [0.4, 0.5) is 0 Å². The third kappa shape index (κ3) is 3.65. The number of aryl methyl sites for hydroxylation is 1. The molecule has 2 heterocycles. The van der Waals surface area contributed by atoms with Crippen molar-refractivity contribution >= 4 is 33.7 Å². The van der Waals surface area contributed by atoms with Gasteiger partial charge in [0.1, 0.15) is 23.6 Å². The Bertz CT molecular complexity index is 1260. The summed E-state index contributed by atoms with van der Waals surface area (Å²) < 4.78 is 11.3. The van der Waals surface area contributed by atoms with Crippen molar-refractivity contribution in [3.05, 3.63) is 54.2 Å². The molecule has 29 heavy (non-hydrogen) atoms. The first-order chi connectivity index (χ1) is 13.9. The van der Waals surface area contributed by atoms with E-state index in [4.69, 9.17) is 14.3 Å². The zero-order valence-corrected chi connectivity index (χ0v) is 15.2. The van der Waals surface area contributed by atoms with Gasteiger partial charge in [0.2, 0.25) is 0 Å². The number of carboxylic acids is 1. The highest BCUT2D eigenvalue weighted by molar-refractivity contribution is 6.02. The van der Waals surface area contributed by atoms with Gasteiger partial charge in [-0.2, -0.15) is 0 Å². The van der Waals surface area contributed by atoms with Gasteiger partial charge in [-0.05, 0) is 30.3 Å². The Morgan fingerprint density at radius 2 is 1.93 bits per heavy atom. The second-order valence-corrected chi connectivity index (χ2v) is 6.25. The number of carboxylic acid groups (broad SMARTS) is 1. The SMILES string of the molecule is Cc1nc2ccc(Oc3ccc4c(O)c(C(=O)NCC(=O)O)ncc4c3)cc2o1. The molecule has 4 aromatic rings. The van der Waals surface area contributed by atoms with Crippen molar-refractivity contribution in [2.24, 2.45) is 0 Å². The Labute approximate surface area is 163 Å². The number of oxazole rings is 1. The van der Waals surface area contributed by atoms with Crippen LogP contribution in [0.15, 0.2) is 47.0 Å². The Morgan fingerprint density at radius 3 is 2.72 bits per heavy atom. The summed E-state index contributed by atoms with van der Waals surface area (Å²) in [4.78, 5) is 30.7. The third-order valence-electron chi connectivity index (χ3n) is 4.15. The lowest BCUT2D eigenvalue weighted by Gasteiger charge is -2.09. The van der Waals surface area contributed by atoms with Crippen molar-refractivity contribution in [1.29, 1.82) is 0 Å². The van der Waals surface area contributed by atoms with Crippen LogP contribution in [0.1, 0.15) is 16.4 Å². The van der Waals surface area contributed by atoms with Crippen LogP contribution < -0.4 is 10.1 Å². The quantitative estimate of drug-likeness (QED) is 0.471. The maximum absolute atomic E-state index is 12.0. The molecule has 1 amide bonds. The Hall–Kier alpha value is -4.14. The minimum Gasteiger partial charge on any atom is -0.505 e. The highest BCUT2D eigenvalue weighted by Crippen LogP contribution is 2.32. The molecular formula is C20H15N3O6. The summed E-state index contributed by atoms with van der Waals surface area (Å²) in [7, 11) is 0. The average Bonchev–Trinajstić information content (AvgIpc) is 3.05. The number of ether oxygens (including phenoxy) is 1. The topological polar surface area (TPSA) is 135 Å². The summed E-state index contributed by atoms with van der Waals surface area (Å²) in [5, 5.41) is 22.1. The summed E-state index contributed by atoms with van der Waals surface area (Å²) >= 11 is 0. The van der Waals surface area contributed by atoms with Crippen LogP contribution in [0.5, 0.6) is 17.2 Å². The van der Waals surface area contributed by atoms with Crippen molar-refractivity contribution in [1.82, 2.24) is 15.3 Å². The second-order valence-electron chi connectivity index (χ2n) is 6.25. The van der Waals surface area contributed by atoms with E-state index in [9.17, 15) is 14.7 Å². The van der Waals surface area contributed by atoms with Crippen molar-refractivity contribution in [2.45, 2.75) is 6.92 Å². The van der Waals surface area contributed by atoms with E-state index < -0.39 is 18.4 Å². The van der Waals surface area contributed by atoms with Gasteiger partial charge in [-0.1, -0.05) is 0 Å². The first-order valence-corrected chi connectivity index (χ1v) is 8.57. The van der Waals surface area contributed by atoms with Gasteiger partial charge < -0.3 is 24.7 Å². The molecule has 0 spiro atoms. The molecule has 2 aromatic carbocycles. The number of nitrogens with zero attached hydrogens (tertiary/aromatic N) is 2. The molecule has 0 radical (unpaired) electrons. The van der Waals surface area contributed by atoms with Gasteiger partial charge in [0, 0.05) is 30.0 Å². The fraction of sp³-hybridized carbons (Fsp3) is 0.100. The van der Waals surface area contributed by atoms with Gasteiger partial charge in [0.25, 0.3) is 5.91 Å². The lowest BCUT2D eigenvalue weighted by molar-refractivity contribution is -0.135. The van der Waals surface area contributed by atoms with Crippen LogP contribution in [-0.4, -0.2) is 38.6 Å². The smallest absolute Gasteiger partial charge is 0.322 e. The van der Waals surface area contributed by atoms with E-state index >= 15 is 0 Å². The van der Waals surface area contributed by atoms with Crippen molar-refractivity contribution in [3.63, 3.8) is 0 Å². The largest absolute Gasteiger partial charge is 0.505 e. The molecule has 9 nitrogen and oxygen atoms in total. The number of aromatic hydroxyl groups is 1. The van der Waals surface area contributed by atoms with Gasteiger partial charge in [-0.3, -0.25) is 9.59 Å². The van der Waals surface area contributed by atoms with Crippen LogP contribution in [0.2, 0.25) is 0 Å². The van der Waals surface area contributed by atoms with Gasteiger partial charge in [0.05, 0.1) is 0 Å². The van der Waals surface area contributed by atoms with Gasteiger partial charge in [-0.15, -0.1) is 0 Å². The van der Waals surface area contributed by atoms with E-state index in [1.54, 1.807) is 43.3 Å². The van der Waals surface area contributed by atoms with Crippen LogP contribution in [0.25, 0.3) is 21.9 Å². The molecule has 4 rings (SSSR count). The number of carbonyl (C=O) groups excluding carboxylic acids is 1. The van der Waals surface area contributed by atoms with Crippen molar-refractivity contribution in [3.8, 4) is 17.2 Å². The van der Waals surface area contributed by atoms with Crippen LogP contribution in [0, 0.1) is 6.92 Å². The maximum Gasteiger partial charge on any atom is 0.322 e. The number of hydrogen-bond donors (Lipinski definition) is 3. The summed E-state index contributed by atoms with van der Waals surface area (Å²) in [5.74, 6) is -0.697. The lowest BCUT2D eigenvalue weighted by Crippen LogP contribution is -2.29. The summed E-state index contributed by atoms with van der Waals surface area (Å²) in [6, 6.07) is 10.2. The molecule has 146 valence electrons. The van der Waals surface area contributed by atoms with Crippen molar-refractivity contribution in [2.75, 3.05) is 6.54 Å². The molecule has 0 atom stereocenters. The third-order valence-corrected chi connectivity index (χ3v) is 4.15. The normalized spacial score (nSPS) is 10.9. The van der Waals surface area contributed by atoms with E-state index in [2.05, 4.69) is 15.3 Å². The molecule has 0 saturated carbocycles. The highest BCUT2D eigenvalue weighted by atomic mass is 16.5. The summed E-state index contributed by atoms with van der Waals surface area (Å²) in [5.41, 5.74) is 1.09. The number of fused-ring (bicyclic) bond motifs is 2. The average molecular weight is 393 g/mol. The molecular weight excluding hydrogens is 378 g/mol. The first-order valence-electron chi connectivity index (χ1n) is 8.57. The predicted molar refractivity (Wildman–Crippen MR) is 102 cm³/mol. The van der Waals surface area contributed by atoms with E-state index in [0.29, 0.717) is 33.7 Å². The van der Waals surface area contributed by atoms with Gasteiger partial charge in [-0.25, -0.2) is 9.97 Å². The molecule has 0 bridgehead atoms. The minimum absolute atomic E-state index is 0.251.